The molecule has 0 radical (unpaired) electrons. The quantitative estimate of drug-likeness (QED) is 0.719. The van der Waals surface area contributed by atoms with E-state index >= 15 is 0 Å². The van der Waals surface area contributed by atoms with Crippen molar-refractivity contribution in [3.05, 3.63) is 0 Å². The highest BCUT2D eigenvalue weighted by Gasteiger charge is 2.20. The highest BCUT2D eigenvalue weighted by molar-refractivity contribution is 5.78. The molecule has 1 fully saturated rings. The van der Waals surface area contributed by atoms with Gasteiger partial charge in [0.15, 0.2) is 0 Å². The second-order valence-electron chi connectivity index (χ2n) is 5.57. The van der Waals surface area contributed by atoms with Crippen LogP contribution < -0.4 is 10.6 Å². The zero-order chi connectivity index (χ0) is 13.4. The Kier molecular flexibility index (Phi) is 7.28. The lowest BCUT2D eigenvalue weighted by molar-refractivity contribution is -0.122. The van der Waals surface area contributed by atoms with Crippen LogP contribution in [0, 0.1) is 5.92 Å². The maximum Gasteiger partial charge on any atom is 0.234 e. The molecule has 0 unspecified atom stereocenters. The fourth-order valence-electron chi connectivity index (χ4n) is 2.36. The fraction of sp³-hybridized carbons (Fsp3) is 0.929. The van der Waals surface area contributed by atoms with E-state index in [0.717, 1.165) is 38.5 Å². The molecule has 2 N–H and O–H groups in total. The highest BCUT2D eigenvalue weighted by atomic mass is 16.2. The van der Waals surface area contributed by atoms with Crippen molar-refractivity contribution >= 4 is 5.91 Å². The Morgan fingerprint density at radius 2 is 2.06 bits per heavy atom. The third-order valence-corrected chi connectivity index (χ3v) is 3.60. The van der Waals surface area contributed by atoms with Gasteiger partial charge >= 0.3 is 0 Å². The number of rotatable bonds is 7. The van der Waals surface area contributed by atoms with E-state index in [4.69, 9.17) is 0 Å². The molecule has 1 rings (SSSR count). The molecule has 4 nitrogen and oxygen atoms in total. The van der Waals surface area contributed by atoms with E-state index in [-0.39, 0.29) is 5.91 Å². The van der Waals surface area contributed by atoms with Crippen LogP contribution in [0.2, 0.25) is 0 Å². The highest BCUT2D eigenvalue weighted by Crippen LogP contribution is 2.14. The molecule has 0 aromatic carbocycles. The van der Waals surface area contributed by atoms with Gasteiger partial charge in [-0.05, 0) is 52.1 Å². The Hall–Kier alpha value is -0.610. The van der Waals surface area contributed by atoms with Crippen molar-refractivity contribution in [2.24, 2.45) is 5.92 Å². The first-order valence-corrected chi connectivity index (χ1v) is 7.35. The Balaban J connectivity index is 2.36. The summed E-state index contributed by atoms with van der Waals surface area (Å²) in [5.41, 5.74) is 0. The summed E-state index contributed by atoms with van der Waals surface area (Å²) < 4.78 is 0. The number of carbonyl (C=O) groups is 1. The largest absolute Gasteiger partial charge is 0.355 e. The van der Waals surface area contributed by atoms with E-state index in [0.29, 0.717) is 12.6 Å². The molecule has 106 valence electrons. The number of nitrogens with zero attached hydrogens (tertiary/aromatic N) is 1. The molecule has 4 heteroatoms. The van der Waals surface area contributed by atoms with Crippen molar-refractivity contribution in [3.63, 3.8) is 0 Å². The summed E-state index contributed by atoms with van der Waals surface area (Å²) >= 11 is 0. The lowest BCUT2D eigenvalue weighted by atomic mass is 9.97. The fourth-order valence-corrected chi connectivity index (χ4v) is 2.36. The van der Waals surface area contributed by atoms with E-state index in [1.54, 1.807) is 0 Å². The van der Waals surface area contributed by atoms with Gasteiger partial charge < -0.3 is 10.6 Å². The topological polar surface area (TPSA) is 44.4 Å². The molecule has 0 spiro atoms. The van der Waals surface area contributed by atoms with E-state index in [2.05, 4.69) is 36.3 Å². The van der Waals surface area contributed by atoms with Crippen molar-refractivity contribution < 1.29 is 4.79 Å². The molecule has 0 bridgehead atoms. The molecular formula is C14H29N3O. The van der Waals surface area contributed by atoms with Crippen molar-refractivity contribution in [1.29, 1.82) is 0 Å². The van der Waals surface area contributed by atoms with Crippen LogP contribution in [-0.2, 0) is 4.79 Å². The van der Waals surface area contributed by atoms with Gasteiger partial charge in [-0.1, -0.05) is 6.92 Å². The number of piperidine rings is 1. The summed E-state index contributed by atoms with van der Waals surface area (Å²) in [6, 6.07) is 0.437. The van der Waals surface area contributed by atoms with Gasteiger partial charge in [-0.2, -0.15) is 0 Å². The monoisotopic (exact) mass is 255 g/mol. The van der Waals surface area contributed by atoms with Gasteiger partial charge in [-0.15, -0.1) is 0 Å². The van der Waals surface area contributed by atoms with Gasteiger partial charge in [0.2, 0.25) is 5.91 Å². The summed E-state index contributed by atoms with van der Waals surface area (Å²) in [4.78, 5) is 14.1. The van der Waals surface area contributed by atoms with Gasteiger partial charge in [0.05, 0.1) is 6.54 Å². The molecule has 0 aromatic rings. The first-order valence-electron chi connectivity index (χ1n) is 7.35. The molecule has 0 aromatic heterocycles. The second-order valence-corrected chi connectivity index (χ2v) is 5.57. The number of carbonyl (C=O) groups excluding carboxylic acids is 1. The third kappa shape index (κ3) is 5.83. The van der Waals surface area contributed by atoms with Crippen LogP contribution in [-0.4, -0.2) is 49.6 Å². The van der Waals surface area contributed by atoms with Gasteiger partial charge in [-0.3, -0.25) is 9.69 Å². The first kappa shape index (κ1) is 15.4. The Bertz CT molecular complexity index is 237. The van der Waals surface area contributed by atoms with Crippen molar-refractivity contribution in [3.8, 4) is 0 Å². The molecule has 1 aliphatic rings. The molecule has 0 saturated carbocycles. The normalized spacial score (nSPS) is 17.4. The molecule has 0 aliphatic carbocycles. The minimum atomic E-state index is 0.166. The molecule has 1 aliphatic heterocycles. The number of hydrogen-bond acceptors (Lipinski definition) is 3. The third-order valence-electron chi connectivity index (χ3n) is 3.60. The van der Waals surface area contributed by atoms with Gasteiger partial charge in [0.25, 0.3) is 0 Å². The SMILES string of the molecule is CCCNC(=O)CN(CC1CCNCC1)C(C)C. The van der Waals surface area contributed by atoms with Crippen LogP contribution in [0.3, 0.4) is 0 Å². The van der Waals surface area contributed by atoms with Crippen LogP contribution in [0.25, 0.3) is 0 Å². The number of nitrogens with one attached hydrogen (secondary N) is 2. The summed E-state index contributed by atoms with van der Waals surface area (Å²) in [7, 11) is 0. The van der Waals surface area contributed by atoms with Gasteiger partial charge in [0, 0.05) is 19.1 Å². The minimum absolute atomic E-state index is 0.166. The summed E-state index contributed by atoms with van der Waals surface area (Å²) in [6.07, 6.45) is 3.47. The second kappa shape index (κ2) is 8.48. The summed E-state index contributed by atoms with van der Waals surface area (Å²) in [5, 5.41) is 6.35. The first-order chi connectivity index (χ1) is 8.63. The van der Waals surface area contributed by atoms with Crippen molar-refractivity contribution in [2.45, 2.75) is 46.1 Å². The maximum atomic E-state index is 11.8. The molecular weight excluding hydrogens is 226 g/mol. The van der Waals surface area contributed by atoms with Crippen LogP contribution >= 0.6 is 0 Å². The Labute approximate surface area is 111 Å². The van der Waals surface area contributed by atoms with Gasteiger partial charge in [0.1, 0.15) is 0 Å². The predicted molar refractivity (Wildman–Crippen MR) is 75.6 cm³/mol. The summed E-state index contributed by atoms with van der Waals surface area (Å²) in [5.74, 6) is 0.909. The van der Waals surface area contributed by atoms with Crippen molar-refractivity contribution in [2.75, 3.05) is 32.7 Å². The van der Waals surface area contributed by atoms with E-state index in [1.165, 1.54) is 12.8 Å². The maximum absolute atomic E-state index is 11.8. The average Bonchev–Trinajstić information content (AvgIpc) is 2.36. The number of hydrogen-bond donors (Lipinski definition) is 2. The van der Waals surface area contributed by atoms with Crippen LogP contribution in [0.5, 0.6) is 0 Å². The minimum Gasteiger partial charge on any atom is -0.355 e. The Morgan fingerprint density at radius 1 is 1.39 bits per heavy atom. The van der Waals surface area contributed by atoms with E-state index < -0.39 is 0 Å². The van der Waals surface area contributed by atoms with Crippen LogP contribution in [0.1, 0.15) is 40.0 Å². The standard InChI is InChI=1S/C14H29N3O/c1-4-7-16-14(18)11-17(12(2)3)10-13-5-8-15-9-6-13/h12-13,15H,4-11H2,1-3H3,(H,16,18). The van der Waals surface area contributed by atoms with E-state index in [1.807, 2.05) is 0 Å². The summed E-state index contributed by atoms with van der Waals surface area (Å²) in [6.45, 7) is 11.1. The van der Waals surface area contributed by atoms with Gasteiger partial charge in [-0.25, -0.2) is 0 Å². The molecule has 0 atom stereocenters. The molecule has 18 heavy (non-hydrogen) atoms. The molecule has 1 amide bonds. The van der Waals surface area contributed by atoms with Crippen LogP contribution in [0.4, 0.5) is 0 Å². The van der Waals surface area contributed by atoms with E-state index in [9.17, 15) is 4.79 Å². The average molecular weight is 255 g/mol. The number of amides is 1. The lowest BCUT2D eigenvalue weighted by Crippen LogP contribution is -2.44. The predicted octanol–water partition coefficient (Wildman–Crippen LogP) is 1.22. The van der Waals surface area contributed by atoms with Crippen molar-refractivity contribution in [1.82, 2.24) is 15.5 Å². The van der Waals surface area contributed by atoms with Crippen LogP contribution in [0.15, 0.2) is 0 Å². The smallest absolute Gasteiger partial charge is 0.234 e. The molecule has 1 saturated heterocycles. The lowest BCUT2D eigenvalue weighted by Gasteiger charge is -2.32. The Morgan fingerprint density at radius 3 is 2.61 bits per heavy atom. The zero-order valence-electron chi connectivity index (χ0n) is 12.2. The molecule has 1 heterocycles. The zero-order valence-corrected chi connectivity index (χ0v) is 12.2.